The second-order valence-electron chi connectivity index (χ2n) is 12.4. The molecule has 1 saturated carbocycles. The Labute approximate surface area is 264 Å². The van der Waals surface area contributed by atoms with E-state index in [9.17, 15) is 18.0 Å². The molecule has 236 valence electrons. The van der Waals surface area contributed by atoms with E-state index in [2.05, 4.69) is 16.5 Å². The molecule has 1 N–H and O–H groups in total. The number of hydrogen-bond acceptors (Lipinski definition) is 7. The number of methoxy groups -OCH3 is 1. The third kappa shape index (κ3) is 5.60. The minimum absolute atomic E-state index is 0.0466. The van der Waals surface area contributed by atoms with Gasteiger partial charge in [-0.15, -0.1) is 6.58 Å². The van der Waals surface area contributed by atoms with Gasteiger partial charge < -0.3 is 14.6 Å². The fourth-order valence-corrected chi connectivity index (χ4v) is 8.70. The number of rotatable bonds is 11. The van der Waals surface area contributed by atoms with Crippen molar-refractivity contribution in [2.75, 3.05) is 25.1 Å². The van der Waals surface area contributed by atoms with Crippen LogP contribution in [0.15, 0.2) is 60.2 Å². The van der Waals surface area contributed by atoms with Crippen LogP contribution in [0.5, 0.6) is 5.75 Å². The Morgan fingerprint density at radius 3 is 2.51 bits per heavy atom. The van der Waals surface area contributed by atoms with E-state index in [-0.39, 0.29) is 24.2 Å². The highest BCUT2D eigenvalue weighted by atomic mass is 32.2. The van der Waals surface area contributed by atoms with Crippen LogP contribution in [0.3, 0.4) is 0 Å². The number of piperidine rings is 1. The highest BCUT2D eigenvalue weighted by Crippen LogP contribution is 2.49. The number of fused-ring (bicyclic) bond motifs is 1. The highest BCUT2D eigenvalue weighted by molar-refractivity contribution is 7.91. The molecule has 1 aliphatic heterocycles. The van der Waals surface area contributed by atoms with Crippen LogP contribution in [0.1, 0.15) is 72.1 Å². The average molecular weight is 629 g/mol. The summed E-state index contributed by atoms with van der Waals surface area (Å²) in [5.41, 5.74) is 3.86. The van der Waals surface area contributed by atoms with E-state index < -0.39 is 14.8 Å². The summed E-state index contributed by atoms with van der Waals surface area (Å²) in [5, 5.41) is 0.601. The number of aromatic amines is 1. The number of ketones is 1. The fraction of sp³-hybridized carbons (Fsp3) is 0.400. The van der Waals surface area contributed by atoms with E-state index >= 15 is 0 Å². The lowest BCUT2D eigenvalue weighted by Crippen LogP contribution is -2.29. The Morgan fingerprint density at radius 2 is 1.87 bits per heavy atom. The molecule has 9 nitrogen and oxygen atoms in total. The molecule has 1 aromatic carbocycles. The van der Waals surface area contributed by atoms with Crippen molar-refractivity contribution < 1.29 is 17.9 Å². The number of aryl methyl sites for hydroxylation is 2. The minimum atomic E-state index is -3.78. The Hall–Kier alpha value is -4.18. The Bertz CT molecular complexity index is 1950. The molecular weight excluding hydrogens is 588 g/mol. The van der Waals surface area contributed by atoms with Gasteiger partial charge in [-0.05, 0) is 100 Å². The second kappa shape index (κ2) is 12.0. The van der Waals surface area contributed by atoms with Crippen molar-refractivity contribution in [3.05, 3.63) is 88.1 Å². The monoisotopic (exact) mass is 628 g/mol. The largest absolute Gasteiger partial charge is 0.496 e. The normalized spacial score (nSPS) is 16.1. The summed E-state index contributed by atoms with van der Waals surface area (Å²) in [6.07, 6.45) is 10.3. The summed E-state index contributed by atoms with van der Waals surface area (Å²) in [5.74, 6) is 1.16. The SMILES string of the molecule is C=CCC1(S(=O)(=O)n2cc(C)c3c(C(=O)CCc4c(OC)cc(C)[nH]c4=O)cc(-c4ccc(N5CCCCC5)nc4)cc32)CC1. The molecule has 4 heterocycles. The van der Waals surface area contributed by atoms with Crippen LogP contribution in [0, 0.1) is 13.8 Å². The standard InChI is InChI=1S/C35H40N4O5S/c1-5-13-35(14-15-35)45(42,43)39-22-23(2)33-28(30(40)11-10-27-31(44-4)18-24(3)37-34(27)41)19-26(20-29(33)39)25-9-12-32(36-21-25)38-16-7-6-8-17-38/h5,9,12,18-22H,1,6-8,10-11,13-17H2,2-4H3,(H,37,41). The van der Waals surface area contributed by atoms with Gasteiger partial charge in [0.05, 0.1) is 22.9 Å². The van der Waals surface area contributed by atoms with Gasteiger partial charge in [0.2, 0.25) is 10.0 Å². The molecule has 0 unspecified atom stereocenters. The maximum Gasteiger partial charge on any atom is 0.255 e. The third-order valence-corrected chi connectivity index (χ3v) is 11.8. The Kier molecular flexibility index (Phi) is 8.20. The maximum absolute atomic E-state index is 14.1. The number of H-pyrrole nitrogens is 1. The van der Waals surface area contributed by atoms with Gasteiger partial charge in [-0.25, -0.2) is 17.4 Å². The second-order valence-corrected chi connectivity index (χ2v) is 14.6. The van der Waals surface area contributed by atoms with Crippen LogP contribution in [0.25, 0.3) is 22.0 Å². The van der Waals surface area contributed by atoms with Gasteiger partial charge in [0.15, 0.2) is 5.78 Å². The summed E-state index contributed by atoms with van der Waals surface area (Å²) < 4.78 is 34.1. The molecule has 0 bridgehead atoms. The van der Waals surface area contributed by atoms with Crippen molar-refractivity contribution >= 4 is 32.5 Å². The molecular formula is C35H40N4O5S. The molecule has 3 aromatic heterocycles. The number of nitrogens with zero attached hydrogens (tertiary/aromatic N) is 3. The first-order valence-electron chi connectivity index (χ1n) is 15.6. The van der Waals surface area contributed by atoms with E-state index in [0.717, 1.165) is 37.3 Å². The van der Waals surface area contributed by atoms with Gasteiger partial charge in [-0.1, -0.05) is 6.08 Å². The number of nitrogens with one attached hydrogen (secondary N) is 1. The number of anilines is 1. The van der Waals surface area contributed by atoms with Gasteiger partial charge >= 0.3 is 0 Å². The smallest absolute Gasteiger partial charge is 0.255 e. The van der Waals surface area contributed by atoms with Crippen molar-refractivity contribution in [3.8, 4) is 16.9 Å². The number of benzene rings is 1. The molecule has 10 heteroatoms. The lowest BCUT2D eigenvalue weighted by molar-refractivity contribution is 0.0984. The van der Waals surface area contributed by atoms with Crippen LogP contribution in [-0.2, 0) is 16.4 Å². The van der Waals surface area contributed by atoms with E-state index in [0.29, 0.717) is 63.9 Å². The molecule has 0 amide bonds. The lowest BCUT2D eigenvalue weighted by Gasteiger charge is -2.27. The number of carbonyl (C=O) groups excluding carboxylic acids is 1. The molecule has 1 aliphatic carbocycles. The van der Waals surface area contributed by atoms with E-state index in [4.69, 9.17) is 9.72 Å². The average Bonchev–Trinajstić information content (AvgIpc) is 3.76. The zero-order chi connectivity index (χ0) is 31.9. The molecule has 4 aromatic rings. The molecule has 2 aliphatic rings. The van der Waals surface area contributed by atoms with Crippen LogP contribution in [0.4, 0.5) is 5.82 Å². The van der Waals surface area contributed by atoms with E-state index in [1.807, 2.05) is 31.2 Å². The maximum atomic E-state index is 14.1. The summed E-state index contributed by atoms with van der Waals surface area (Å²) >= 11 is 0. The van der Waals surface area contributed by atoms with Crippen LogP contribution in [0.2, 0.25) is 0 Å². The summed E-state index contributed by atoms with van der Waals surface area (Å²) in [6, 6.07) is 9.41. The highest BCUT2D eigenvalue weighted by Gasteiger charge is 2.54. The third-order valence-electron chi connectivity index (χ3n) is 9.30. The van der Waals surface area contributed by atoms with Crippen molar-refractivity contribution in [3.63, 3.8) is 0 Å². The number of hydrogen-bond donors (Lipinski definition) is 1. The molecule has 0 atom stereocenters. The van der Waals surface area contributed by atoms with Crippen LogP contribution < -0.4 is 15.2 Å². The van der Waals surface area contributed by atoms with Gasteiger partial charge in [-0.2, -0.15) is 0 Å². The number of ether oxygens (including phenoxy) is 1. The molecule has 0 radical (unpaired) electrons. The van der Waals surface area contributed by atoms with Gasteiger partial charge in [0.25, 0.3) is 5.56 Å². The Morgan fingerprint density at radius 1 is 1.11 bits per heavy atom. The summed E-state index contributed by atoms with van der Waals surface area (Å²) in [6.45, 7) is 9.36. The summed E-state index contributed by atoms with van der Waals surface area (Å²) in [7, 11) is -2.28. The zero-order valence-electron chi connectivity index (χ0n) is 26.2. The van der Waals surface area contributed by atoms with Gasteiger partial charge in [-0.3, -0.25) is 9.59 Å². The van der Waals surface area contributed by atoms with Gasteiger partial charge in [0.1, 0.15) is 11.6 Å². The minimum Gasteiger partial charge on any atom is -0.496 e. The lowest BCUT2D eigenvalue weighted by atomic mass is 9.94. The molecule has 45 heavy (non-hydrogen) atoms. The van der Waals surface area contributed by atoms with Gasteiger partial charge in [0, 0.05) is 54.1 Å². The van der Waals surface area contributed by atoms with E-state index in [1.165, 1.54) is 17.5 Å². The molecule has 1 saturated heterocycles. The topological polar surface area (TPSA) is 114 Å². The first kappa shape index (κ1) is 30.8. The first-order chi connectivity index (χ1) is 21.6. The van der Waals surface area contributed by atoms with Crippen molar-refractivity contribution in [1.29, 1.82) is 0 Å². The number of pyridine rings is 2. The number of allylic oxidation sites excluding steroid dienone is 1. The van der Waals surface area contributed by atoms with E-state index in [1.54, 1.807) is 31.5 Å². The summed E-state index contributed by atoms with van der Waals surface area (Å²) in [4.78, 5) is 36.6. The van der Waals surface area contributed by atoms with Crippen molar-refractivity contribution in [2.45, 2.75) is 70.0 Å². The van der Waals surface area contributed by atoms with Crippen LogP contribution >= 0.6 is 0 Å². The van der Waals surface area contributed by atoms with Crippen molar-refractivity contribution in [2.24, 2.45) is 0 Å². The zero-order valence-corrected chi connectivity index (χ0v) is 27.0. The molecule has 2 fully saturated rings. The quantitative estimate of drug-likeness (QED) is 0.157. The Balaban J connectivity index is 1.45. The predicted octanol–water partition coefficient (Wildman–Crippen LogP) is 6.11. The number of carbonyl (C=O) groups is 1. The number of Topliss-reactive ketones (excluding diaryl/α,β-unsaturated/α-hetero) is 1. The fourth-order valence-electron chi connectivity index (χ4n) is 6.63. The first-order valence-corrected chi connectivity index (χ1v) is 17.1. The molecule has 0 spiro atoms. The number of aromatic nitrogens is 3. The van der Waals surface area contributed by atoms with Crippen LogP contribution in [-0.4, -0.2) is 53.1 Å². The van der Waals surface area contributed by atoms with Crippen molar-refractivity contribution in [1.82, 2.24) is 13.9 Å². The molecule has 6 rings (SSSR count). The predicted molar refractivity (Wildman–Crippen MR) is 178 cm³/mol.